The molecule has 0 saturated carbocycles. The Morgan fingerprint density at radius 2 is 2.18 bits per heavy atom. The van der Waals surface area contributed by atoms with Crippen LogP contribution in [-0.4, -0.2) is 52.0 Å². The Hall–Kier alpha value is -2.32. The minimum Gasteiger partial charge on any atom is -0.355 e. The first-order valence-electron chi connectivity index (χ1n) is 9.59. The predicted octanol–water partition coefficient (Wildman–Crippen LogP) is 3.08. The number of piperidine rings is 1. The molecule has 28 heavy (non-hydrogen) atoms. The van der Waals surface area contributed by atoms with E-state index in [1.165, 1.54) is 18.3 Å². The zero-order chi connectivity index (χ0) is 20.3. The van der Waals surface area contributed by atoms with Gasteiger partial charge in [-0.05, 0) is 45.2 Å². The van der Waals surface area contributed by atoms with Crippen molar-refractivity contribution < 1.29 is 14.4 Å². The van der Waals surface area contributed by atoms with Gasteiger partial charge in [0, 0.05) is 29.4 Å². The first-order valence-corrected chi connectivity index (χ1v) is 10.5. The number of amides is 1. The van der Waals surface area contributed by atoms with E-state index in [2.05, 4.69) is 15.3 Å². The molecule has 8 heteroatoms. The molecule has 3 rings (SSSR count). The second kappa shape index (κ2) is 8.79. The van der Waals surface area contributed by atoms with Crippen molar-refractivity contribution in [2.24, 2.45) is 5.92 Å². The molecule has 1 aliphatic heterocycles. The molecule has 1 unspecified atom stereocenters. The van der Waals surface area contributed by atoms with Gasteiger partial charge in [-0.15, -0.1) is 11.3 Å². The van der Waals surface area contributed by atoms with Gasteiger partial charge < -0.3 is 10.3 Å². The second-order valence-corrected chi connectivity index (χ2v) is 8.11. The van der Waals surface area contributed by atoms with E-state index >= 15 is 0 Å². The fraction of sp³-hybridized carbons (Fsp3) is 0.500. The van der Waals surface area contributed by atoms with Crippen LogP contribution in [-0.2, 0) is 11.2 Å². The molecule has 1 aliphatic rings. The summed E-state index contributed by atoms with van der Waals surface area (Å²) in [7, 11) is 0. The Morgan fingerprint density at radius 3 is 2.82 bits per heavy atom. The lowest BCUT2D eigenvalue weighted by molar-refractivity contribution is -0.121. The zero-order valence-electron chi connectivity index (χ0n) is 16.5. The fourth-order valence-corrected chi connectivity index (χ4v) is 4.46. The van der Waals surface area contributed by atoms with E-state index < -0.39 is 0 Å². The number of rotatable bonds is 7. The first-order chi connectivity index (χ1) is 13.4. The van der Waals surface area contributed by atoms with Crippen molar-refractivity contribution in [3.05, 3.63) is 34.1 Å². The highest BCUT2D eigenvalue weighted by Crippen LogP contribution is 2.23. The van der Waals surface area contributed by atoms with E-state index in [0.29, 0.717) is 29.4 Å². The highest BCUT2D eigenvalue weighted by atomic mass is 32.1. The maximum absolute atomic E-state index is 12.9. The Kier molecular flexibility index (Phi) is 6.41. The molecule has 0 bridgehead atoms. The van der Waals surface area contributed by atoms with Crippen molar-refractivity contribution >= 4 is 33.9 Å². The smallest absolute Gasteiger partial charge is 0.230 e. The molecule has 2 aromatic rings. The maximum Gasteiger partial charge on any atom is 0.230 e. The summed E-state index contributed by atoms with van der Waals surface area (Å²) in [6.07, 6.45) is 3.95. The highest BCUT2D eigenvalue weighted by Gasteiger charge is 2.29. The SMILES string of the molecule is CCc1c(C(=O)CN2CCCC(C(=O)Nc3nccs3)C2)[nH]c(C)c1C(C)=O. The van der Waals surface area contributed by atoms with Gasteiger partial charge in [0.1, 0.15) is 0 Å². The Morgan fingerprint density at radius 1 is 1.39 bits per heavy atom. The topological polar surface area (TPSA) is 95.2 Å². The van der Waals surface area contributed by atoms with E-state index in [-0.39, 0.29) is 29.9 Å². The molecule has 2 aromatic heterocycles. The molecule has 7 nitrogen and oxygen atoms in total. The number of ketones is 2. The van der Waals surface area contributed by atoms with Gasteiger partial charge in [0.05, 0.1) is 18.2 Å². The van der Waals surface area contributed by atoms with Gasteiger partial charge in [-0.25, -0.2) is 4.98 Å². The summed E-state index contributed by atoms with van der Waals surface area (Å²) in [6.45, 7) is 6.88. The molecule has 0 aliphatic carbocycles. The number of aromatic amines is 1. The van der Waals surface area contributed by atoms with Gasteiger partial charge in [0.25, 0.3) is 0 Å². The van der Waals surface area contributed by atoms with Gasteiger partial charge >= 0.3 is 0 Å². The molecule has 1 atom stereocenters. The number of Topliss-reactive ketones (excluding diaryl/α,β-unsaturated/α-hetero) is 2. The number of carbonyl (C=O) groups is 3. The third-order valence-corrected chi connectivity index (χ3v) is 5.87. The van der Waals surface area contributed by atoms with Crippen LogP contribution in [0.4, 0.5) is 5.13 Å². The highest BCUT2D eigenvalue weighted by molar-refractivity contribution is 7.13. The molecule has 3 heterocycles. The van der Waals surface area contributed by atoms with Crippen LogP contribution < -0.4 is 5.32 Å². The van der Waals surface area contributed by atoms with Crippen LogP contribution >= 0.6 is 11.3 Å². The number of hydrogen-bond donors (Lipinski definition) is 2. The maximum atomic E-state index is 12.9. The number of aromatic nitrogens is 2. The predicted molar refractivity (Wildman–Crippen MR) is 109 cm³/mol. The number of likely N-dealkylation sites (tertiary alicyclic amines) is 1. The summed E-state index contributed by atoms with van der Waals surface area (Å²) >= 11 is 1.39. The first kappa shape index (κ1) is 20.4. The minimum absolute atomic E-state index is 0.0263. The lowest BCUT2D eigenvalue weighted by Gasteiger charge is -2.31. The van der Waals surface area contributed by atoms with E-state index in [1.54, 1.807) is 6.20 Å². The third kappa shape index (κ3) is 4.39. The van der Waals surface area contributed by atoms with E-state index in [0.717, 1.165) is 30.6 Å². The van der Waals surface area contributed by atoms with Gasteiger partial charge in [0.2, 0.25) is 5.91 Å². The average molecular weight is 403 g/mol. The Bertz CT molecular complexity index is 872. The molecule has 2 N–H and O–H groups in total. The molecule has 0 spiro atoms. The van der Waals surface area contributed by atoms with Crippen LogP contribution in [0.25, 0.3) is 0 Å². The molecule has 1 saturated heterocycles. The average Bonchev–Trinajstić information content (AvgIpc) is 3.28. The van der Waals surface area contributed by atoms with Crippen molar-refractivity contribution in [3.8, 4) is 0 Å². The van der Waals surface area contributed by atoms with Crippen LogP contribution in [0, 0.1) is 12.8 Å². The number of hydrogen-bond acceptors (Lipinski definition) is 6. The third-order valence-electron chi connectivity index (χ3n) is 5.18. The standard InChI is InChI=1S/C20H26N4O3S/c1-4-15-17(13(3)25)12(2)22-18(15)16(26)11-24-8-5-6-14(10-24)19(27)23-20-21-7-9-28-20/h7,9,14,22H,4-6,8,10-11H2,1-3H3,(H,21,23,27). The molecule has 0 radical (unpaired) electrons. The lowest BCUT2D eigenvalue weighted by atomic mass is 9.96. The van der Waals surface area contributed by atoms with Gasteiger partial charge in [-0.1, -0.05) is 6.92 Å². The summed E-state index contributed by atoms with van der Waals surface area (Å²) in [4.78, 5) is 46.6. The van der Waals surface area contributed by atoms with Crippen molar-refractivity contribution in [3.63, 3.8) is 0 Å². The number of aryl methyl sites for hydroxylation is 1. The van der Waals surface area contributed by atoms with Crippen LogP contribution in [0.3, 0.4) is 0 Å². The summed E-state index contributed by atoms with van der Waals surface area (Å²) < 4.78 is 0. The Labute approximate surface area is 168 Å². The van der Waals surface area contributed by atoms with Crippen molar-refractivity contribution in [2.45, 2.75) is 40.0 Å². The number of carbonyl (C=O) groups excluding carboxylic acids is 3. The van der Waals surface area contributed by atoms with Gasteiger partial charge in [-0.3, -0.25) is 19.3 Å². The van der Waals surface area contributed by atoms with Crippen LogP contribution in [0.5, 0.6) is 0 Å². The number of nitrogens with zero attached hydrogens (tertiary/aromatic N) is 2. The van der Waals surface area contributed by atoms with Crippen molar-refractivity contribution in [2.75, 3.05) is 25.0 Å². The summed E-state index contributed by atoms with van der Waals surface area (Å²) in [5, 5.41) is 5.27. The number of nitrogens with one attached hydrogen (secondary N) is 2. The summed E-state index contributed by atoms with van der Waals surface area (Å²) in [5.74, 6) is -0.264. The lowest BCUT2D eigenvalue weighted by Crippen LogP contribution is -2.43. The summed E-state index contributed by atoms with van der Waals surface area (Å²) in [6, 6.07) is 0. The summed E-state index contributed by atoms with van der Waals surface area (Å²) in [5.41, 5.74) is 2.70. The molecule has 150 valence electrons. The van der Waals surface area contributed by atoms with Gasteiger partial charge in [0.15, 0.2) is 16.7 Å². The van der Waals surface area contributed by atoms with E-state index in [4.69, 9.17) is 0 Å². The van der Waals surface area contributed by atoms with Crippen LogP contribution in [0.2, 0.25) is 0 Å². The quantitative estimate of drug-likeness (QED) is 0.694. The van der Waals surface area contributed by atoms with Crippen molar-refractivity contribution in [1.82, 2.24) is 14.9 Å². The molecule has 1 fully saturated rings. The second-order valence-electron chi connectivity index (χ2n) is 7.21. The number of thiazole rings is 1. The normalized spacial score (nSPS) is 17.5. The minimum atomic E-state index is -0.158. The van der Waals surface area contributed by atoms with Crippen LogP contribution in [0.1, 0.15) is 58.8 Å². The number of H-pyrrole nitrogens is 1. The molecule has 1 amide bonds. The zero-order valence-corrected chi connectivity index (χ0v) is 17.3. The van der Waals surface area contributed by atoms with E-state index in [1.807, 2.05) is 24.1 Å². The fourth-order valence-electron chi connectivity index (χ4n) is 3.93. The largest absolute Gasteiger partial charge is 0.355 e. The van der Waals surface area contributed by atoms with Crippen molar-refractivity contribution in [1.29, 1.82) is 0 Å². The monoisotopic (exact) mass is 402 g/mol. The Balaban J connectivity index is 1.66. The molecule has 0 aromatic carbocycles. The van der Waals surface area contributed by atoms with E-state index in [9.17, 15) is 14.4 Å². The van der Waals surface area contributed by atoms with Crippen LogP contribution in [0.15, 0.2) is 11.6 Å². The van der Waals surface area contributed by atoms with Gasteiger partial charge in [-0.2, -0.15) is 0 Å². The molecular formula is C20H26N4O3S. The number of anilines is 1. The molecular weight excluding hydrogens is 376 g/mol.